The number of halogens is 1. The number of hydrogen-bond acceptors (Lipinski definition) is 4. The second kappa shape index (κ2) is 6.89. The van der Waals surface area contributed by atoms with Crippen molar-refractivity contribution in [2.24, 2.45) is 5.73 Å². The third kappa shape index (κ3) is 3.11. The van der Waals surface area contributed by atoms with Gasteiger partial charge in [0.2, 0.25) is 5.91 Å². The highest BCUT2D eigenvalue weighted by molar-refractivity contribution is 5.99. The van der Waals surface area contributed by atoms with Gasteiger partial charge in [0.15, 0.2) is 0 Å². The largest absolute Gasteiger partial charge is 0.497 e. The minimum absolute atomic E-state index is 0. The molecule has 0 spiro atoms. The Bertz CT molecular complexity index is 693. The molecule has 2 aromatic rings. The van der Waals surface area contributed by atoms with Gasteiger partial charge in [0.1, 0.15) is 23.6 Å². The van der Waals surface area contributed by atoms with E-state index >= 15 is 0 Å². The molecule has 2 N–H and O–H groups in total. The van der Waals surface area contributed by atoms with Crippen molar-refractivity contribution in [3.05, 3.63) is 54.1 Å². The van der Waals surface area contributed by atoms with Crippen LogP contribution in [0.4, 0.5) is 5.69 Å². The average Bonchev–Trinajstić information content (AvgIpc) is 2.66. The van der Waals surface area contributed by atoms with Crippen molar-refractivity contribution in [2.45, 2.75) is 12.1 Å². The van der Waals surface area contributed by atoms with Gasteiger partial charge in [0, 0.05) is 13.1 Å². The molecule has 0 saturated heterocycles. The van der Waals surface area contributed by atoms with Crippen LogP contribution in [0.1, 0.15) is 11.7 Å². The van der Waals surface area contributed by atoms with Gasteiger partial charge in [-0.05, 0) is 17.7 Å². The number of ether oxygens (including phenoxy) is 2. The van der Waals surface area contributed by atoms with Crippen LogP contribution in [0, 0.1) is 0 Å². The number of fused-ring (bicyclic) bond motifs is 1. The molecule has 5 nitrogen and oxygen atoms in total. The molecule has 1 aliphatic rings. The number of carbonyl (C=O) groups is 1. The van der Waals surface area contributed by atoms with Gasteiger partial charge in [-0.1, -0.05) is 30.3 Å². The second-order valence-electron chi connectivity index (χ2n) is 5.21. The predicted octanol–water partition coefficient (Wildman–Crippen LogP) is 2.54. The first kappa shape index (κ1) is 17.1. The fourth-order valence-corrected chi connectivity index (χ4v) is 2.59. The van der Waals surface area contributed by atoms with Gasteiger partial charge >= 0.3 is 0 Å². The van der Waals surface area contributed by atoms with E-state index in [4.69, 9.17) is 15.2 Å². The van der Waals surface area contributed by atoms with Crippen LogP contribution < -0.4 is 20.1 Å². The van der Waals surface area contributed by atoms with Crippen molar-refractivity contribution in [3.8, 4) is 11.5 Å². The Kier molecular flexibility index (Phi) is 5.13. The third-order valence-corrected chi connectivity index (χ3v) is 3.85. The fraction of sp³-hybridized carbons (Fsp3) is 0.235. The van der Waals surface area contributed by atoms with Crippen molar-refractivity contribution in [1.82, 2.24) is 0 Å². The summed E-state index contributed by atoms with van der Waals surface area (Å²) >= 11 is 0. The van der Waals surface area contributed by atoms with Gasteiger partial charge in [0.05, 0.1) is 12.8 Å². The number of amides is 1. The van der Waals surface area contributed by atoms with Crippen molar-refractivity contribution in [3.63, 3.8) is 0 Å². The number of nitrogens with zero attached hydrogens (tertiary/aromatic N) is 1. The highest BCUT2D eigenvalue weighted by atomic mass is 35.5. The van der Waals surface area contributed by atoms with Crippen molar-refractivity contribution in [2.75, 3.05) is 19.1 Å². The van der Waals surface area contributed by atoms with Gasteiger partial charge in [-0.15, -0.1) is 12.4 Å². The Labute approximate surface area is 141 Å². The molecule has 6 heteroatoms. The molecule has 0 fully saturated rings. The third-order valence-electron chi connectivity index (χ3n) is 3.85. The summed E-state index contributed by atoms with van der Waals surface area (Å²) in [5, 5.41) is 0. The Morgan fingerprint density at radius 2 is 1.87 bits per heavy atom. The van der Waals surface area contributed by atoms with E-state index < -0.39 is 12.1 Å². The maximum Gasteiger partial charge on any atom is 0.247 e. The van der Waals surface area contributed by atoms with E-state index in [1.54, 1.807) is 32.4 Å². The van der Waals surface area contributed by atoms with Crippen LogP contribution in [-0.2, 0) is 4.79 Å². The summed E-state index contributed by atoms with van der Waals surface area (Å²) in [5.74, 6) is 1.08. The Morgan fingerprint density at radius 1 is 1.17 bits per heavy atom. The lowest BCUT2D eigenvalue weighted by Crippen LogP contribution is -2.45. The molecule has 0 saturated carbocycles. The van der Waals surface area contributed by atoms with Crippen LogP contribution >= 0.6 is 12.4 Å². The summed E-state index contributed by atoms with van der Waals surface area (Å²) in [7, 11) is 3.27. The summed E-state index contributed by atoms with van der Waals surface area (Å²) in [6, 6.07) is 14.1. The van der Waals surface area contributed by atoms with E-state index in [1.807, 2.05) is 30.3 Å². The SMILES string of the molecule is COc1ccc2c(c1)N(C)C(=O)[C@@H](N)[C@@H](c1ccccc1)O2.Cl. The Morgan fingerprint density at radius 3 is 2.52 bits per heavy atom. The highest BCUT2D eigenvalue weighted by Gasteiger charge is 2.35. The molecule has 3 rings (SSSR count). The normalized spacial score (nSPS) is 20.0. The van der Waals surface area contributed by atoms with E-state index in [0.29, 0.717) is 17.2 Å². The second-order valence-corrected chi connectivity index (χ2v) is 5.21. The fourth-order valence-electron chi connectivity index (χ4n) is 2.59. The lowest BCUT2D eigenvalue weighted by Gasteiger charge is -2.22. The van der Waals surface area contributed by atoms with Gasteiger partial charge < -0.3 is 20.1 Å². The van der Waals surface area contributed by atoms with E-state index in [2.05, 4.69) is 0 Å². The molecule has 2 atom stereocenters. The minimum Gasteiger partial charge on any atom is -0.497 e. The van der Waals surface area contributed by atoms with Crippen molar-refractivity contribution in [1.29, 1.82) is 0 Å². The molecule has 1 heterocycles. The van der Waals surface area contributed by atoms with Crippen LogP contribution in [0.3, 0.4) is 0 Å². The summed E-state index contributed by atoms with van der Waals surface area (Å²) < 4.78 is 11.3. The van der Waals surface area contributed by atoms with E-state index in [-0.39, 0.29) is 18.3 Å². The molecule has 2 aromatic carbocycles. The number of hydrogen-bond donors (Lipinski definition) is 1. The molecule has 0 unspecified atom stereocenters. The smallest absolute Gasteiger partial charge is 0.247 e. The predicted molar refractivity (Wildman–Crippen MR) is 91.4 cm³/mol. The number of anilines is 1. The number of likely N-dealkylation sites (N-methyl/N-ethyl adjacent to an activating group) is 1. The first-order chi connectivity index (χ1) is 10.6. The summed E-state index contributed by atoms with van der Waals surface area (Å²) in [6.07, 6.45) is -0.522. The summed E-state index contributed by atoms with van der Waals surface area (Å²) in [6.45, 7) is 0. The van der Waals surface area contributed by atoms with Crippen molar-refractivity contribution < 1.29 is 14.3 Å². The molecule has 0 aliphatic carbocycles. The Hall–Kier alpha value is -2.24. The number of rotatable bonds is 2. The van der Waals surface area contributed by atoms with E-state index in [1.165, 1.54) is 4.90 Å². The highest BCUT2D eigenvalue weighted by Crippen LogP contribution is 2.38. The average molecular weight is 335 g/mol. The number of nitrogens with two attached hydrogens (primary N) is 1. The Balaban J connectivity index is 0.00000192. The van der Waals surface area contributed by atoms with Gasteiger partial charge in [-0.25, -0.2) is 0 Å². The van der Waals surface area contributed by atoms with Crippen LogP contribution in [0.5, 0.6) is 11.5 Å². The van der Waals surface area contributed by atoms with Gasteiger partial charge in [-0.2, -0.15) is 0 Å². The maximum absolute atomic E-state index is 12.6. The molecule has 1 amide bonds. The lowest BCUT2D eigenvalue weighted by molar-refractivity contribution is -0.121. The number of methoxy groups -OCH3 is 1. The minimum atomic E-state index is -0.772. The van der Waals surface area contributed by atoms with E-state index in [0.717, 1.165) is 5.56 Å². The molecule has 122 valence electrons. The van der Waals surface area contributed by atoms with Crippen LogP contribution in [-0.4, -0.2) is 26.1 Å². The molecule has 1 aliphatic heterocycles. The first-order valence-electron chi connectivity index (χ1n) is 7.04. The summed E-state index contributed by atoms with van der Waals surface area (Å²) in [5.41, 5.74) is 7.67. The molecule has 0 aromatic heterocycles. The molecule has 0 radical (unpaired) electrons. The van der Waals surface area contributed by atoms with Crippen LogP contribution in [0.15, 0.2) is 48.5 Å². The molecule has 0 bridgehead atoms. The number of benzene rings is 2. The zero-order valence-corrected chi connectivity index (χ0v) is 13.7. The zero-order valence-electron chi connectivity index (χ0n) is 12.9. The van der Waals surface area contributed by atoms with Gasteiger partial charge in [-0.3, -0.25) is 4.79 Å². The monoisotopic (exact) mass is 334 g/mol. The van der Waals surface area contributed by atoms with Crippen LogP contribution in [0.25, 0.3) is 0 Å². The standard InChI is InChI=1S/C17H18N2O3.ClH/c1-19-13-10-12(21-2)8-9-14(13)22-16(15(18)17(19)20)11-6-4-3-5-7-11;/h3-10,15-16H,18H2,1-2H3;1H/t15-,16+;/m0./s1. The molecular weight excluding hydrogens is 316 g/mol. The first-order valence-corrected chi connectivity index (χ1v) is 7.04. The molecule has 23 heavy (non-hydrogen) atoms. The van der Waals surface area contributed by atoms with E-state index in [9.17, 15) is 4.79 Å². The quantitative estimate of drug-likeness (QED) is 0.916. The lowest BCUT2D eigenvalue weighted by atomic mass is 10.0. The zero-order chi connectivity index (χ0) is 15.7. The number of carbonyl (C=O) groups excluding carboxylic acids is 1. The van der Waals surface area contributed by atoms with Gasteiger partial charge in [0.25, 0.3) is 0 Å². The van der Waals surface area contributed by atoms with Crippen molar-refractivity contribution >= 4 is 24.0 Å². The summed E-state index contributed by atoms with van der Waals surface area (Å²) in [4.78, 5) is 14.1. The maximum atomic E-state index is 12.6. The molecular formula is C17H19ClN2O3. The topological polar surface area (TPSA) is 64.8 Å². The van der Waals surface area contributed by atoms with Crippen LogP contribution in [0.2, 0.25) is 0 Å².